The van der Waals surface area contributed by atoms with Gasteiger partial charge >= 0.3 is 12.3 Å². The Morgan fingerprint density at radius 2 is 1.78 bits per heavy atom. The van der Waals surface area contributed by atoms with E-state index in [1.165, 1.54) is 17.0 Å². The second-order valence-corrected chi connectivity index (χ2v) is 18.3. The third kappa shape index (κ3) is 7.86. The number of alkyl carbamates (subject to hydrolysis) is 1. The zero-order valence-electron chi connectivity index (χ0n) is 32.7. The molecule has 3 N–H and O–H groups in total. The van der Waals surface area contributed by atoms with Gasteiger partial charge in [0.05, 0.1) is 24.0 Å². The van der Waals surface area contributed by atoms with Crippen LogP contribution >= 0.6 is 0 Å². The number of para-hydroxylation sites is 1. The molecule has 0 unspecified atom stereocenters. The number of ether oxygens (including phenoxy) is 2. The molecule has 318 valence electrons. The molecule has 0 bridgehead atoms. The number of rotatable bonds is 7. The van der Waals surface area contributed by atoms with Crippen molar-refractivity contribution < 1.29 is 54.7 Å². The number of alkyl halides is 3. The Morgan fingerprint density at radius 3 is 2.50 bits per heavy atom. The highest BCUT2D eigenvalue weighted by atomic mass is 32.2. The number of furan rings is 1. The SMILES string of the molecule is COC(=O)N[C@H]1CCCCC/C=C\[C@@H]2C[C@@]2(C(=O)NS(=O)(=O)C2(C)CC2)NC(=O)[C@@H]2C[C@@H](Oc3nc(-c4ccc(C(F)(F)F)cc4)nc4c3oc3ccccc34)CN2C1=O. The van der Waals surface area contributed by atoms with Gasteiger partial charge in [0.15, 0.2) is 5.82 Å². The molecule has 2 saturated carbocycles. The molecule has 0 radical (unpaired) electrons. The normalized spacial score (nSPS) is 26.2. The van der Waals surface area contributed by atoms with Crippen LogP contribution in [-0.2, 0) is 35.3 Å². The van der Waals surface area contributed by atoms with E-state index in [1.807, 2.05) is 6.08 Å². The lowest BCUT2D eigenvalue weighted by Crippen LogP contribution is -2.58. The van der Waals surface area contributed by atoms with Gasteiger partial charge in [-0.1, -0.05) is 49.3 Å². The van der Waals surface area contributed by atoms with Crippen molar-refractivity contribution in [2.24, 2.45) is 5.92 Å². The highest BCUT2D eigenvalue weighted by Crippen LogP contribution is 2.48. The second-order valence-electron chi connectivity index (χ2n) is 16.1. The fourth-order valence-electron chi connectivity index (χ4n) is 7.89. The molecular formula is C41H43F3N6O9S. The Balaban J connectivity index is 1.15. The van der Waals surface area contributed by atoms with Crippen molar-refractivity contribution in [2.75, 3.05) is 13.7 Å². The zero-order valence-corrected chi connectivity index (χ0v) is 33.5. The lowest BCUT2D eigenvalue weighted by molar-refractivity contribution is -0.141. The molecule has 4 aromatic rings. The molecule has 19 heteroatoms. The average molecular weight is 853 g/mol. The fraction of sp³-hybridized carbons (Fsp3) is 0.463. The molecule has 3 fully saturated rings. The molecule has 5 atom stereocenters. The molecule has 60 heavy (non-hydrogen) atoms. The molecule has 2 aromatic carbocycles. The predicted molar refractivity (Wildman–Crippen MR) is 210 cm³/mol. The first-order valence-corrected chi connectivity index (χ1v) is 21.2. The number of hydrogen-bond donors (Lipinski definition) is 3. The summed E-state index contributed by atoms with van der Waals surface area (Å²) in [5.41, 5.74) is -1.37. The number of allylic oxidation sites excluding steroid dienone is 1. The molecule has 8 rings (SSSR count). The second kappa shape index (κ2) is 15.4. The van der Waals surface area contributed by atoms with Crippen LogP contribution < -0.4 is 20.1 Å². The third-order valence-electron chi connectivity index (χ3n) is 11.9. The van der Waals surface area contributed by atoms with Crippen molar-refractivity contribution in [3.8, 4) is 17.3 Å². The number of sulfonamides is 1. The lowest BCUT2D eigenvalue weighted by atomic mass is 10.1. The van der Waals surface area contributed by atoms with E-state index in [2.05, 4.69) is 25.3 Å². The first-order chi connectivity index (χ1) is 28.5. The van der Waals surface area contributed by atoms with Crippen LogP contribution in [0, 0.1) is 5.92 Å². The summed E-state index contributed by atoms with van der Waals surface area (Å²) in [5, 5.41) is 5.98. The van der Waals surface area contributed by atoms with Gasteiger partial charge in [-0.25, -0.2) is 18.2 Å². The molecule has 1 saturated heterocycles. The summed E-state index contributed by atoms with van der Waals surface area (Å²) in [6.07, 6.45) is 0.902. The van der Waals surface area contributed by atoms with Crippen LogP contribution in [0.1, 0.15) is 70.3 Å². The number of nitrogens with zero attached hydrogens (tertiary/aromatic N) is 3. The van der Waals surface area contributed by atoms with Crippen LogP contribution in [0.15, 0.2) is 65.1 Å². The maximum Gasteiger partial charge on any atom is 0.416 e. The minimum absolute atomic E-state index is 0.0255. The van der Waals surface area contributed by atoms with Crippen LogP contribution in [0.25, 0.3) is 33.5 Å². The number of hydrogen-bond acceptors (Lipinski definition) is 11. The van der Waals surface area contributed by atoms with E-state index in [9.17, 15) is 40.8 Å². The quantitative estimate of drug-likeness (QED) is 0.198. The lowest BCUT2D eigenvalue weighted by Gasteiger charge is -2.29. The van der Waals surface area contributed by atoms with Gasteiger partial charge < -0.3 is 29.4 Å². The summed E-state index contributed by atoms with van der Waals surface area (Å²) < 4.78 is 85.2. The predicted octanol–water partition coefficient (Wildman–Crippen LogP) is 5.53. The minimum atomic E-state index is -4.57. The van der Waals surface area contributed by atoms with Gasteiger partial charge in [-0.3, -0.25) is 19.1 Å². The number of carbonyl (C=O) groups is 4. The largest absolute Gasteiger partial charge is 0.470 e. The first-order valence-electron chi connectivity index (χ1n) is 19.8. The molecule has 0 spiro atoms. The Morgan fingerprint density at radius 1 is 1.03 bits per heavy atom. The van der Waals surface area contributed by atoms with Crippen LogP contribution in [0.4, 0.5) is 18.0 Å². The Kier molecular flexibility index (Phi) is 10.5. The van der Waals surface area contributed by atoms with E-state index in [1.54, 1.807) is 37.3 Å². The molecule has 4 amide bonds. The van der Waals surface area contributed by atoms with Gasteiger partial charge in [0.1, 0.15) is 34.8 Å². The third-order valence-corrected chi connectivity index (χ3v) is 14.0. The standard InChI is InChI=1S/C41H43F3N6O9S/c1-39(18-19-39)60(55,56)49-37(53)40-21-25(40)10-6-4-3-5-7-12-28(45-38(54)57-2)36(52)50-22-26(20-29(50)34(51)48-40)58-35-32-31(27-11-8-9-13-30(27)59-32)46-33(47-35)23-14-16-24(17-15-23)41(42,43)44/h6,8-11,13-17,25-26,28-29H,3-5,7,12,18-22H2,1-2H3,(H,45,54)(H,48,51)(H,49,53)/b10-6-/t25-,26-,28+,29+,40-/m1/s1. The van der Waals surface area contributed by atoms with Gasteiger partial charge in [0, 0.05) is 23.3 Å². The van der Waals surface area contributed by atoms with Crippen molar-refractivity contribution in [1.82, 2.24) is 30.2 Å². The van der Waals surface area contributed by atoms with Gasteiger partial charge in [-0.05, 0) is 69.7 Å². The minimum Gasteiger partial charge on any atom is -0.470 e. The molecule has 2 aliphatic carbocycles. The molecule has 2 aliphatic heterocycles. The summed E-state index contributed by atoms with van der Waals surface area (Å²) in [6, 6.07) is 8.89. The molecule has 4 aliphatic rings. The van der Waals surface area contributed by atoms with E-state index in [4.69, 9.17) is 13.9 Å². The zero-order chi connectivity index (χ0) is 42.6. The monoisotopic (exact) mass is 852 g/mol. The van der Waals surface area contributed by atoms with Crippen molar-refractivity contribution >= 4 is 55.9 Å². The summed E-state index contributed by atoms with van der Waals surface area (Å²) in [5.74, 6) is -2.83. The van der Waals surface area contributed by atoms with E-state index in [0.29, 0.717) is 48.6 Å². The molecular weight excluding hydrogens is 810 g/mol. The van der Waals surface area contributed by atoms with Crippen molar-refractivity contribution in [1.29, 1.82) is 0 Å². The van der Waals surface area contributed by atoms with E-state index in [-0.39, 0.29) is 48.7 Å². The van der Waals surface area contributed by atoms with E-state index in [0.717, 1.165) is 25.7 Å². The van der Waals surface area contributed by atoms with Crippen LogP contribution in [0.3, 0.4) is 0 Å². The number of benzene rings is 2. The molecule has 2 aromatic heterocycles. The van der Waals surface area contributed by atoms with Crippen LogP contribution in [0.2, 0.25) is 0 Å². The Bertz CT molecular complexity index is 2510. The highest BCUT2D eigenvalue weighted by molar-refractivity contribution is 7.91. The number of methoxy groups -OCH3 is 1. The topological polar surface area (TPSA) is 199 Å². The summed E-state index contributed by atoms with van der Waals surface area (Å²) in [6.45, 7) is 1.34. The first kappa shape index (κ1) is 41.0. The summed E-state index contributed by atoms with van der Waals surface area (Å²) in [4.78, 5) is 65.8. The number of fused-ring (bicyclic) bond motifs is 5. The average Bonchev–Trinajstić information content (AvgIpc) is 4.04. The van der Waals surface area contributed by atoms with Gasteiger partial charge in [0.25, 0.3) is 11.8 Å². The Hall–Kier alpha value is -5.72. The van der Waals surface area contributed by atoms with Gasteiger partial charge in [-0.2, -0.15) is 18.2 Å². The number of amides is 4. The number of aromatic nitrogens is 2. The van der Waals surface area contributed by atoms with Crippen LogP contribution in [0.5, 0.6) is 5.88 Å². The summed E-state index contributed by atoms with van der Waals surface area (Å²) in [7, 11) is -2.90. The molecule has 4 heterocycles. The Labute approximate surface area is 342 Å². The van der Waals surface area contributed by atoms with Crippen LogP contribution in [-0.4, -0.2) is 89.2 Å². The number of halogens is 3. The number of nitrogens with one attached hydrogen (secondary N) is 3. The van der Waals surface area contributed by atoms with E-state index < -0.39 is 80.0 Å². The maximum absolute atomic E-state index is 14.5. The number of carbonyl (C=O) groups excluding carboxylic acids is 4. The van der Waals surface area contributed by atoms with Gasteiger partial charge in [0.2, 0.25) is 27.4 Å². The van der Waals surface area contributed by atoms with Crippen molar-refractivity contribution in [3.63, 3.8) is 0 Å². The summed E-state index contributed by atoms with van der Waals surface area (Å²) >= 11 is 0. The van der Waals surface area contributed by atoms with Crippen molar-refractivity contribution in [3.05, 3.63) is 66.2 Å². The fourth-order valence-corrected chi connectivity index (χ4v) is 9.20. The maximum atomic E-state index is 14.5. The van der Waals surface area contributed by atoms with Gasteiger partial charge in [-0.15, -0.1) is 0 Å². The highest BCUT2D eigenvalue weighted by Gasteiger charge is 2.63. The van der Waals surface area contributed by atoms with E-state index >= 15 is 0 Å². The smallest absolute Gasteiger partial charge is 0.416 e. The molecule has 15 nitrogen and oxygen atoms in total. The van der Waals surface area contributed by atoms with Crippen molar-refractivity contribution in [2.45, 2.75) is 99.4 Å².